The largest absolute Gasteiger partial charge is 0.480 e. The number of aliphatic carboxylic acids is 1. The van der Waals surface area contributed by atoms with Crippen LogP contribution < -0.4 is 4.90 Å². The lowest BCUT2D eigenvalue weighted by molar-refractivity contribution is -0.135. The number of carboxylic acids is 1. The Balaban J connectivity index is 2.43. The Morgan fingerprint density at radius 1 is 1.29 bits per heavy atom. The minimum Gasteiger partial charge on any atom is -0.480 e. The summed E-state index contributed by atoms with van der Waals surface area (Å²) in [6, 6.07) is 9.63. The van der Waals surface area contributed by atoms with E-state index in [1.54, 1.807) is 30.3 Å². The monoisotopic (exact) mass is 368 g/mol. The van der Waals surface area contributed by atoms with Gasteiger partial charge in [-0.2, -0.15) is 0 Å². The van der Waals surface area contributed by atoms with Gasteiger partial charge in [0.25, 0.3) is 5.91 Å². The molecule has 0 aliphatic heterocycles. The van der Waals surface area contributed by atoms with Crippen LogP contribution in [0.4, 0.5) is 5.69 Å². The van der Waals surface area contributed by atoms with E-state index in [1.807, 2.05) is 0 Å². The summed E-state index contributed by atoms with van der Waals surface area (Å²) in [6.07, 6.45) is 1.53. The molecule has 1 N–H and O–H groups in total. The van der Waals surface area contributed by atoms with Crippen LogP contribution in [0.25, 0.3) is 0 Å². The van der Waals surface area contributed by atoms with Gasteiger partial charge in [-0.05, 0) is 46.3 Å². The number of rotatable bonds is 4. The topological polar surface area (TPSA) is 70.5 Å². The Morgan fingerprint density at radius 2 is 2.05 bits per heavy atom. The number of nitrogens with zero attached hydrogens (tertiary/aromatic N) is 2. The SMILES string of the molecule is O=C(O)CN(C(=O)c1cccnc1Br)c1cccc(Cl)c1. The van der Waals surface area contributed by atoms with E-state index in [9.17, 15) is 9.59 Å². The normalized spacial score (nSPS) is 10.2. The summed E-state index contributed by atoms with van der Waals surface area (Å²) >= 11 is 9.09. The van der Waals surface area contributed by atoms with Crippen LogP contribution in [-0.2, 0) is 4.79 Å². The first-order valence-corrected chi connectivity index (χ1v) is 7.06. The molecular formula is C14H10BrClN2O3. The van der Waals surface area contributed by atoms with E-state index >= 15 is 0 Å². The van der Waals surface area contributed by atoms with Crippen molar-refractivity contribution in [3.63, 3.8) is 0 Å². The molecule has 0 aliphatic rings. The molecule has 0 unspecified atom stereocenters. The maximum atomic E-state index is 12.6. The summed E-state index contributed by atoms with van der Waals surface area (Å²) in [5.41, 5.74) is 0.685. The van der Waals surface area contributed by atoms with Crippen molar-refractivity contribution < 1.29 is 14.7 Å². The summed E-state index contributed by atoms with van der Waals surface area (Å²) < 4.78 is 0.354. The Kier molecular flexibility index (Phi) is 4.93. The third kappa shape index (κ3) is 3.80. The van der Waals surface area contributed by atoms with Gasteiger partial charge in [-0.25, -0.2) is 4.98 Å². The van der Waals surface area contributed by atoms with Crippen molar-refractivity contribution in [1.29, 1.82) is 0 Å². The van der Waals surface area contributed by atoms with E-state index in [-0.39, 0.29) is 5.56 Å². The molecule has 1 aromatic carbocycles. The number of hydrogen-bond donors (Lipinski definition) is 1. The van der Waals surface area contributed by atoms with Gasteiger partial charge in [0.1, 0.15) is 11.1 Å². The molecule has 1 heterocycles. The lowest BCUT2D eigenvalue weighted by atomic mass is 10.2. The summed E-state index contributed by atoms with van der Waals surface area (Å²) in [4.78, 5) is 28.7. The lowest BCUT2D eigenvalue weighted by Gasteiger charge is -2.21. The molecule has 0 fully saturated rings. The molecule has 0 saturated heterocycles. The second-order valence-electron chi connectivity index (χ2n) is 4.11. The molecule has 108 valence electrons. The number of halogens is 2. The molecule has 1 amide bonds. The van der Waals surface area contributed by atoms with Crippen LogP contribution >= 0.6 is 27.5 Å². The summed E-state index contributed by atoms with van der Waals surface area (Å²) in [7, 11) is 0. The fourth-order valence-corrected chi connectivity index (χ4v) is 2.36. The van der Waals surface area contributed by atoms with E-state index in [2.05, 4.69) is 20.9 Å². The average molecular weight is 370 g/mol. The fraction of sp³-hybridized carbons (Fsp3) is 0.0714. The molecule has 0 radical (unpaired) electrons. The van der Waals surface area contributed by atoms with Gasteiger partial charge >= 0.3 is 5.97 Å². The zero-order valence-electron chi connectivity index (χ0n) is 10.7. The van der Waals surface area contributed by atoms with E-state index < -0.39 is 18.4 Å². The van der Waals surface area contributed by atoms with Crippen molar-refractivity contribution >= 4 is 45.1 Å². The molecule has 0 spiro atoms. The van der Waals surface area contributed by atoms with Gasteiger partial charge in [0.15, 0.2) is 0 Å². The molecule has 0 atom stereocenters. The van der Waals surface area contributed by atoms with Gasteiger partial charge < -0.3 is 5.11 Å². The van der Waals surface area contributed by atoms with Crippen molar-refractivity contribution in [2.75, 3.05) is 11.4 Å². The predicted molar refractivity (Wildman–Crippen MR) is 82.7 cm³/mol. The Bertz CT molecular complexity index is 693. The predicted octanol–water partition coefficient (Wildman–Crippen LogP) is 3.23. The number of carbonyl (C=O) groups excluding carboxylic acids is 1. The van der Waals surface area contributed by atoms with Crippen molar-refractivity contribution in [3.8, 4) is 0 Å². The third-order valence-corrected chi connectivity index (χ3v) is 3.51. The molecule has 5 nitrogen and oxygen atoms in total. The average Bonchev–Trinajstić information content (AvgIpc) is 2.44. The molecule has 0 bridgehead atoms. The molecule has 7 heteroatoms. The standard InChI is InChI=1S/C14H10BrClN2O3/c15-13-11(5-2-6-17-13)14(21)18(8-12(19)20)10-4-1-3-9(16)7-10/h1-7H,8H2,(H,19,20). The van der Waals surface area contributed by atoms with Crippen molar-refractivity contribution in [2.45, 2.75) is 0 Å². The maximum absolute atomic E-state index is 12.6. The van der Waals surface area contributed by atoms with Gasteiger partial charge in [0, 0.05) is 16.9 Å². The van der Waals surface area contributed by atoms with Crippen LogP contribution in [0.1, 0.15) is 10.4 Å². The first-order valence-electron chi connectivity index (χ1n) is 5.89. The number of carboxylic acid groups (broad SMARTS) is 1. The van der Waals surface area contributed by atoms with Crippen LogP contribution in [0, 0.1) is 0 Å². The van der Waals surface area contributed by atoms with Crippen molar-refractivity contribution in [3.05, 3.63) is 57.8 Å². The lowest BCUT2D eigenvalue weighted by Crippen LogP contribution is -2.36. The van der Waals surface area contributed by atoms with E-state index in [0.717, 1.165) is 4.90 Å². The van der Waals surface area contributed by atoms with E-state index in [4.69, 9.17) is 16.7 Å². The number of benzene rings is 1. The second-order valence-corrected chi connectivity index (χ2v) is 5.29. The van der Waals surface area contributed by atoms with Gasteiger partial charge in [0.2, 0.25) is 0 Å². The highest BCUT2D eigenvalue weighted by Gasteiger charge is 2.22. The number of anilines is 1. The Morgan fingerprint density at radius 3 is 2.67 bits per heavy atom. The van der Waals surface area contributed by atoms with Gasteiger partial charge in [-0.15, -0.1) is 0 Å². The molecule has 21 heavy (non-hydrogen) atoms. The summed E-state index contributed by atoms with van der Waals surface area (Å²) in [5, 5.41) is 9.44. The smallest absolute Gasteiger partial charge is 0.323 e. The zero-order chi connectivity index (χ0) is 15.4. The van der Waals surface area contributed by atoms with Crippen molar-refractivity contribution in [2.24, 2.45) is 0 Å². The fourth-order valence-electron chi connectivity index (χ4n) is 1.75. The minimum atomic E-state index is -1.12. The van der Waals surface area contributed by atoms with Crippen LogP contribution in [0.2, 0.25) is 5.02 Å². The van der Waals surface area contributed by atoms with Crippen molar-refractivity contribution in [1.82, 2.24) is 4.98 Å². The number of amides is 1. The maximum Gasteiger partial charge on any atom is 0.323 e. The molecule has 1 aromatic heterocycles. The number of aromatic nitrogens is 1. The van der Waals surface area contributed by atoms with E-state index in [0.29, 0.717) is 15.3 Å². The van der Waals surface area contributed by atoms with E-state index in [1.165, 1.54) is 12.3 Å². The van der Waals surface area contributed by atoms with Gasteiger partial charge in [-0.3, -0.25) is 14.5 Å². The number of carbonyl (C=O) groups is 2. The minimum absolute atomic E-state index is 0.277. The van der Waals surface area contributed by atoms with Crippen LogP contribution in [0.3, 0.4) is 0 Å². The number of hydrogen-bond acceptors (Lipinski definition) is 3. The highest BCUT2D eigenvalue weighted by Crippen LogP contribution is 2.23. The molecule has 0 saturated carbocycles. The number of pyridine rings is 1. The third-order valence-electron chi connectivity index (χ3n) is 2.65. The first-order chi connectivity index (χ1) is 9.99. The highest BCUT2D eigenvalue weighted by atomic mass is 79.9. The quantitative estimate of drug-likeness (QED) is 0.840. The van der Waals surface area contributed by atoms with Gasteiger partial charge in [-0.1, -0.05) is 17.7 Å². The zero-order valence-corrected chi connectivity index (χ0v) is 13.0. The van der Waals surface area contributed by atoms with Crippen LogP contribution in [-0.4, -0.2) is 28.5 Å². The van der Waals surface area contributed by atoms with Crippen LogP contribution in [0.15, 0.2) is 47.2 Å². The van der Waals surface area contributed by atoms with Gasteiger partial charge in [0.05, 0.1) is 5.56 Å². The molecule has 2 rings (SSSR count). The van der Waals surface area contributed by atoms with Crippen LogP contribution in [0.5, 0.6) is 0 Å². The highest BCUT2D eigenvalue weighted by molar-refractivity contribution is 9.10. The summed E-state index contributed by atoms with van der Waals surface area (Å²) in [6.45, 7) is -0.472. The molecule has 0 aliphatic carbocycles. The molecule has 2 aromatic rings. The second kappa shape index (κ2) is 6.69. The Hall–Kier alpha value is -1.92. The first kappa shape index (κ1) is 15.5. The summed E-state index contributed by atoms with van der Waals surface area (Å²) in [5.74, 6) is -1.59. The molecular weight excluding hydrogens is 360 g/mol. The Labute approximate surface area is 134 Å².